The van der Waals surface area contributed by atoms with E-state index in [2.05, 4.69) is 34.9 Å². The number of ether oxygens (including phenoxy) is 1. The minimum absolute atomic E-state index is 0.0297. The molecule has 1 fully saturated rings. The predicted molar refractivity (Wildman–Crippen MR) is 133 cm³/mol. The molecule has 2 aliphatic carbocycles. The van der Waals surface area contributed by atoms with Gasteiger partial charge in [-0.2, -0.15) is 0 Å². The standard InChI is InChI=1S/C28H34N2O5/c1-3-28(4-2,26(33)30-24(25(31)32)18-10-9-11-18)17-29-27(34)35-16-23-21-14-7-5-12-19(21)20-13-6-8-15-22(20)23/h5-8,12-15,18,23-24H,3-4,9-11,16-17H2,1-2H3,(H,29,34)(H,30,33)(H,31,32). The number of hydrogen-bond donors (Lipinski definition) is 3. The van der Waals surface area contributed by atoms with Gasteiger partial charge in [0.1, 0.15) is 12.6 Å². The highest BCUT2D eigenvalue weighted by Crippen LogP contribution is 2.44. The van der Waals surface area contributed by atoms with E-state index in [1.165, 1.54) is 0 Å². The number of hydrogen-bond acceptors (Lipinski definition) is 4. The minimum atomic E-state index is -1.01. The van der Waals surface area contributed by atoms with Crippen molar-refractivity contribution in [1.29, 1.82) is 0 Å². The van der Waals surface area contributed by atoms with Crippen LogP contribution < -0.4 is 10.6 Å². The van der Waals surface area contributed by atoms with E-state index >= 15 is 0 Å². The van der Waals surface area contributed by atoms with Crippen molar-refractivity contribution >= 4 is 18.0 Å². The number of amides is 2. The van der Waals surface area contributed by atoms with E-state index in [-0.39, 0.29) is 30.9 Å². The van der Waals surface area contributed by atoms with E-state index in [0.717, 1.165) is 41.5 Å². The molecule has 0 heterocycles. The van der Waals surface area contributed by atoms with E-state index in [4.69, 9.17) is 4.74 Å². The van der Waals surface area contributed by atoms with Crippen LogP contribution in [0.15, 0.2) is 48.5 Å². The van der Waals surface area contributed by atoms with Crippen molar-refractivity contribution in [1.82, 2.24) is 10.6 Å². The molecular weight excluding hydrogens is 444 g/mol. The van der Waals surface area contributed by atoms with Crippen LogP contribution in [0.1, 0.15) is 63.0 Å². The van der Waals surface area contributed by atoms with Gasteiger partial charge in [-0.05, 0) is 53.9 Å². The second-order valence-electron chi connectivity index (χ2n) is 9.65. The number of carbonyl (C=O) groups excluding carboxylic acids is 2. The molecule has 4 rings (SSSR count). The van der Waals surface area contributed by atoms with Gasteiger partial charge in [0.2, 0.25) is 5.91 Å². The van der Waals surface area contributed by atoms with Crippen molar-refractivity contribution in [3.05, 3.63) is 59.7 Å². The first-order valence-electron chi connectivity index (χ1n) is 12.5. The molecule has 2 amide bonds. The molecule has 7 heteroatoms. The van der Waals surface area contributed by atoms with Crippen LogP contribution in [0.2, 0.25) is 0 Å². The van der Waals surface area contributed by atoms with Crippen LogP contribution >= 0.6 is 0 Å². The molecule has 0 aliphatic heterocycles. The predicted octanol–water partition coefficient (Wildman–Crippen LogP) is 4.70. The molecule has 2 aromatic rings. The molecule has 2 aliphatic rings. The monoisotopic (exact) mass is 478 g/mol. The van der Waals surface area contributed by atoms with E-state index in [1.54, 1.807) is 0 Å². The van der Waals surface area contributed by atoms with Crippen LogP contribution in [-0.4, -0.2) is 42.3 Å². The third-order valence-electron chi connectivity index (χ3n) is 7.92. The molecule has 0 bridgehead atoms. The zero-order valence-electron chi connectivity index (χ0n) is 20.4. The Bertz CT molecular complexity index is 1040. The summed E-state index contributed by atoms with van der Waals surface area (Å²) in [5.41, 5.74) is 3.68. The molecule has 1 unspecified atom stereocenters. The number of carboxylic acids is 1. The van der Waals surface area contributed by atoms with Crippen molar-refractivity contribution in [3.63, 3.8) is 0 Å². The van der Waals surface area contributed by atoms with Gasteiger partial charge >= 0.3 is 12.1 Å². The van der Waals surface area contributed by atoms with Gasteiger partial charge in [-0.1, -0.05) is 68.8 Å². The largest absolute Gasteiger partial charge is 0.480 e. The molecule has 0 aromatic heterocycles. The normalized spacial score (nSPS) is 15.9. The Labute approximate surface area is 206 Å². The summed E-state index contributed by atoms with van der Waals surface area (Å²) >= 11 is 0. The molecule has 3 N–H and O–H groups in total. The summed E-state index contributed by atoms with van der Waals surface area (Å²) in [6, 6.07) is 15.4. The maximum atomic E-state index is 13.2. The van der Waals surface area contributed by atoms with E-state index < -0.39 is 23.5 Å². The van der Waals surface area contributed by atoms with Crippen molar-refractivity contribution in [2.75, 3.05) is 13.2 Å². The molecule has 1 saturated carbocycles. The lowest BCUT2D eigenvalue weighted by Gasteiger charge is -2.36. The summed E-state index contributed by atoms with van der Waals surface area (Å²) in [7, 11) is 0. The first kappa shape index (κ1) is 24.8. The Hall–Kier alpha value is -3.35. The average Bonchev–Trinajstić information content (AvgIpc) is 3.16. The van der Waals surface area contributed by atoms with Crippen LogP contribution in [0.4, 0.5) is 4.79 Å². The molecule has 2 aromatic carbocycles. The lowest BCUT2D eigenvalue weighted by atomic mass is 9.77. The summed E-state index contributed by atoms with van der Waals surface area (Å²) < 4.78 is 5.61. The fourth-order valence-electron chi connectivity index (χ4n) is 5.24. The molecule has 1 atom stereocenters. The molecule has 0 radical (unpaired) electrons. The molecule has 7 nitrogen and oxygen atoms in total. The van der Waals surface area contributed by atoms with E-state index in [9.17, 15) is 19.5 Å². The zero-order valence-corrected chi connectivity index (χ0v) is 20.4. The number of nitrogens with one attached hydrogen (secondary N) is 2. The number of alkyl carbamates (subject to hydrolysis) is 1. The van der Waals surface area contributed by atoms with Gasteiger partial charge in [-0.15, -0.1) is 0 Å². The second-order valence-corrected chi connectivity index (χ2v) is 9.65. The molecule has 35 heavy (non-hydrogen) atoms. The Balaban J connectivity index is 1.38. The number of fused-ring (bicyclic) bond motifs is 3. The van der Waals surface area contributed by atoms with Crippen molar-refractivity contribution < 1.29 is 24.2 Å². The first-order chi connectivity index (χ1) is 16.9. The van der Waals surface area contributed by atoms with Crippen molar-refractivity contribution in [3.8, 4) is 11.1 Å². The Morgan fingerprint density at radius 3 is 2.06 bits per heavy atom. The highest BCUT2D eigenvalue weighted by atomic mass is 16.5. The number of carbonyl (C=O) groups is 3. The van der Waals surface area contributed by atoms with Crippen LogP contribution in [0.5, 0.6) is 0 Å². The lowest BCUT2D eigenvalue weighted by Crippen LogP contribution is -2.55. The zero-order chi connectivity index (χ0) is 25.0. The molecular formula is C28H34N2O5. The average molecular weight is 479 g/mol. The Morgan fingerprint density at radius 1 is 1.00 bits per heavy atom. The van der Waals surface area contributed by atoms with Gasteiger partial charge in [-0.25, -0.2) is 9.59 Å². The van der Waals surface area contributed by atoms with Gasteiger partial charge in [0.15, 0.2) is 0 Å². The lowest BCUT2D eigenvalue weighted by molar-refractivity contribution is -0.146. The molecule has 0 spiro atoms. The fraction of sp³-hybridized carbons (Fsp3) is 0.464. The third kappa shape index (κ3) is 4.90. The Kier molecular flexibility index (Phi) is 7.43. The second kappa shape index (κ2) is 10.5. The fourth-order valence-corrected chi connectivity index (χ4v) is 5.24. The number of aliphatic carboxylic acids is 1. The van der Waals surface area contributed by atoms with Gasteiger partial charge in [-0.3, -0.25) is 4.79 Å². The summed E-state index contributed by atoms with van der Waals surface area (Å²) in [6.45, 7) is 4.03. The molecule has 186 valence electrons. The summed E-state index contributed by atoms with van der Waals surface area (Å²) in [5.74, 6) is -1.41. The van der Waals surface area contributed by atoms with Crippen molar-refractivity contribution in [2.24, 2.45) is 11.3 Å². The first-order valence-corrected chi connectivity index (χ1v) is 12.5. The Morgan fingerprint density at radius 2 is 1.57 bits per heavy atom. The SMILES string of the molecule is CCC(CC)(CNC(=O)OCC1c2ccccc2-c2ccccc21)C(=O)NC(C(=O)O)C1CCC1. The van der Waals surface area contributed by atoms with E-state index in [0.29, 0.717) is 12.8 Å². The van der Waals surface area contributed by atoms with Crippen LogP contribution in [0.3, 0.4) is 0 Å². The van der Waals surface area contributed by atoms with Crippen molar-refractivity contribution in [2.45, 2.75) is 57.9 Å². The van der Waals surface area contributed by atoms with Gasteiger partial charge in [0.05, 0.1) is 5.41 Å². The van der Waals surface area contributed by atoms with E-state index in [1.807, 2.05) is 38.1 Å². The van der Waals surface area contributed by atoms with Crippen LogP contribution in [0, 0.1) is 11.3 Å². The topological polar surface area (TPSA) is 105 Å². The summed E-state index contributed by atoms with van der Waals surface area (Å²) in [5, 5.41) is 15.1. The smallest absolute Gasteiger partial charge is 0.407 e. The maximum absolute atomic E-state index is 13.2. The summed E-state index contributed by atoms with van der Waals surface area (Å²) in [6.07, 6.45) is 2.95. The number of carboxylic acid groups (broad SMARTS) is 1. The highest BCUT2D eigenvalue weighted by Gasteiger charge is 2.41. The number of rotatable bonds is 10. The third-order valence-corrected chi connectivity index (χ3v) is 7.92. The summed E-state index contributed by atoms with van der Waals surface area (Å²) in [4.78, 5) is 37.6. The maximum Gasteiger partial charge on any atom is 0.407 e. The van der Waals surface area contributed by atoms with Gasteiger partial charge < -0.3 is 20.5 Å². The molecule has 0 saturated heterocycles. The van der Waals surface area contributed by atoms with Crippen LogP contribution in [-0.2, 0) is 14.3 Å². The van der Waals surface area contributed by atoms with Crippen LogP contribution in [0.25, 0.3) is 11.1 Å². The number of benzene rings is 2. The van der Waals surface area contributed by atoms with Gasteiger partial charge in [0.25, 0.3) is 0 Å². The van der Waals surface area contributed by atoms with Gasteiger partial charge in [0, 0.05) is 12.5 Å². The highest BCUT2D eigenvalue weighted by molar-refractivity contribution is 5.88. The minimum Gasteiger partial charge on any atom is -0.480 e. The quantitative estimate of drug-likeness (QED) is 0.459.